The van der Waals surface area contributed by atoms with E-state index in [0.29, 0.717) is 12.8 Å². The standard InChI is InChI=1S/C9H19NO3/c1-5-8(11)10-9(13-4)6-7(2)12-3/h7,9H,5-6H2,1-4H3,(H,10,11). The number of methoxy groups -OCH3 is 2. The minimum atomic E-state index is -0.248. The zero-order chi connectivity index (χ0) is 10.3. The van der Waals surface area contributed by atoms with Gasteiger partial charge in [0.2, 0.25) is 5.91 Å². The quantitative estimate of drug-likeness (QED) is 0.632. The van der Waals surface area contributed by atoms with Gasteiger partial charge in [0.1, 0.15) is 6.23 Å². The van der Waals surface area contributed by atoms with Gasteiger partial charge >= 0.3 is 0 Å². The van der Waals surface area contributed by atoms with Gasteiger partial charge in [0.05, 0.1) is 6.10 Å². The summed E-state index contributed by atoms with van der Waals surface area (Å²) >= 11 is 0. The summed E-state index contributed by atoms with van der Waals surface area (Å²) in [4.78, 5) is 11.0. The molecule has 0 aliphatic heterocycles. The maximum Gasteiger partial charge on any atom is 0.221 e. The zero-order valence-corrected chi connectivity index (χ0v) is 8.79. The molecule has 0 bridgehead atoms. The molecule has 0 aromatic rings. The summed E-state index contributed by atoms with van der Waals surface area (Å²) in [6.07, 6.45) is 0.976. The first kappa shape index (κ1) is 12.4. The summed E-state index contributed by atoms with van der Waals surface area (Å²) in [6, 6.07) is 0. The Bertz CT molecular complexity index is 150. The van der Waals surface area contributed by atoms with Crippen LogP contribution >= 0.6 is 0 Å². The van der Waals surface area contributed by atoms with Crippen molar-refractivity contribution < 1.29 is 14.3 Å². The van der Waals surface area contributed by atoms with Gasteiger partial charge in [-0.3, -0.25) is 4.79 Å². The third-order valence-electron chi connectivity index (χ3n) is 1.88. The monoisotopic (exact) mass is 189 g/mol. The number of rotatable bonds is 6. The van der Waals surface area contributed by atoms with Gasteiger partial charge in [-0.05, 0) is 6.92 Å². The lowest BCUT2D eigenvalue weighted by molar-refractivity contribution is -0.125. The van der Waals surface area contributed by atoms with E-state index in [1.807, 2.05) is 13.8 Å². The predicted octanol–water partition coefficient (Wildman–Crippen LogP) is 0.910. The number of amides is 1. The third-order valence-corrected chi connectivity index (χ3v) is 1.88. The third kappa shape index (κ3) is 5.60. The number of carbonyl (C=O) groups is 1. The fourth-order valence-corrected chi connectivity index (χ4v) is 0.893. The molecule has 0 aromatic carbocycles. The van der Waals surface area contributed by atoms with Gasteiger partial charge in [0.15, 0.2) is 0 Å². The molecule has 0 heterocycles. The van der Waals surface area contributed by atoms with Crippen molar-refractivity contribution in [2.75, 3.05) is 14.2 Å². The van der Waals surface area contributed by atoms with Gasteiger partial charge in [0, 0.05) is 27.1 Å². The maximum absolute atomic E-state index is 11.0. The second kappa shape index (κ2) is 6.86. The Morgan fingerprint density at radius 3 is 2.38 bits per heavy atom. The topological polar surface area (TPSA) is 47.6 Å². The number of nitrogens with one attached hydrogen (secondary N) is 1. The molecule has 1 amide bonds. The Balaban J connectivity index is 3.81. The van der Waals surface area contributed by atoms with E-state index in [9.17, 15) is 4.79 Å². The van der Waals surface area contributed by atoms with Crippen LogP contribution < -0.4 is 5.32 Å². The van der Waals surface area contributed by atoms with Crippen molar-refractivity contribution in [3.8, 4) is 0 Å². The summed E-state index contributed by atoms with van der Waals surface area (Å²) in [7, 11) is 3.21. The molecule has 0 rings (SSSR count). The van der Waals surface area contributed by atoms with Crippen LogP contribution in [-0.4, -0.2) is 32.5 Å². The molecule has 0 fully saturated rings. The number of hydrogen-bond acceptors (Lipinski definition) is 3. The van der Waals surface area contributed by atoms with Gasteiger partial charge in [-0.1, -0.05) is 6.92 Å². The predicted molar refractivity (Wildman–Crippen MR) is 50.3 cm³/mol. The SMILES string of the molecule is CCC(=O)NC(CC(C)OC)OC. The van der Waals surface area contributed by atoms with Crippen LogP contribution in [0.15, 0.2) is 0 Å². The Labute approximate surface area is 79.6 Å². The van der Waals surface area contributed by atoms with Crippen LogP contribution in [0.3, 0.4) is 0 Å². The highest BCUT2D eigenvalue weighted by atomic mass is 16.5. The lowest BCUT2D eigenvalue weighted by Crippen LogP contribution is -2.38. The molecule has 4 nitrogen and oxygen atoms in total. The minimum Gasteiger partial charge on any atom is -0.382 e. The summed E-state index contributed by atoms with van der Waals surface area (Å²) in [6.45, 7) is 3.74. The maximum atomic E-state index is 11.0. The molecule has 0 aliphatic rings. The molecule has 0 saturated carbocycles. The van der Waals surface area contributed by atoms with Crippen LogP contribution in [-0.2, 0) is 14.3 Å². The fourth-order valence-electron chi connectivity index (χ4n) is 0.893. The lowest BCUT2D eigenvalue weighted by Gasteiger charge is -2.19. The summed E-state index contributed by atoms with van der Waals surface area (Å²) in [5.41, 5.74) is 0. The first-order valence-corrected chi connectivity index (χ1v) is 4.49. The zero-order valence-electron chi connectivity index (χ0n) is 8.79. The van der Waals surface area contributed by atoms with E-state index in [1.165, 1.54) is 0 Å². The summed E-state index contributed by atoms with van der Waals surface area (Å²) in [5.74, 6) is -0.00449. The molecule has 0 spiro atoms. The highest BCUT2D eigenvalue weighted by molar-refractivity contribution is 5.75. The van der Waals surface area contributed by atoms with E-state index in [0.717, 1.165) is 0 Å². The first-order chi connectivity index (χ1) is 6.13. The highest BCUT2D eigenvalue weighted by Crippen LogP contribution is 2.01. The molecular formula is C9H19NO3. The average Bonchev–Trinajstić information content (AvgIpc) is 2.16. The largest absolute Gasteiger partial charge is 0.382 e. The minimum absolute atomic E-state index is 0.00449. The molecule has 78 valence electrons. The van der Waals surface area contributed by atoms with Crippen molar-refractivity contribution in [1.82, 2.24) is 5.32 Å². The molecule has 2 atom stereocenters. The van der Waals surface area contributed by atoms with Crippen LogP contribution in [0.2, 0.25) is 0 Å². The van der Waals surface area contributed by atoms with Crippen LogP contribution in [0.4, 0.5) is 0 Å². The Hall–Kier alpha value is -0.610. The molecular weight excluding hydrogens is 170 g/mol. The molecule has 0 saturated heterocycles. The van der Waals surface area contributed by atoms with Crippen LogP contribution in [0, 0.1) is 0 Å². The molecule has 4 heteroatoms. The molecule has 13 heavy (non-hydrogen) atoms. The lowest BCUT2D eigenvalue weighted by atomic mass is 10.2. The highest BCUT2D eigenvalue weighted by Gasteiger charge is 2.13. The van der Waals surface area contributed by atoms with Crippen molar-refractivity contribution in [2.45, 2.75) is 39.0 Å². The van der Waals surface area contributed by atoms with Crippen molar-refractivity contribution in [3.05, 3.63) is 0 Å². The van der Waals surface area contributed by atoms with Gasteiger partial charge < -0.3 is 14.8 Å². The van der Waals surface area contributed by atoms with Gasteiger partial charge in [-0.15, -0.1) is 0 Å². The van der Waals surface area contributed by atoms with Crippen molar-refractivity contribution in [3.63, 3.8) is 0 Å². The van der Waals surface area contributed by atoms with Crippen LogP contribution in [0.5, 0.6) is 0 Å². The second-order valence-electron chi connectivity index (χ2n) is 2.93. The van der Waals surface area contributed by atoms with Crippen molar-refractivity contribution in [2.24, 2.45) is 0 Å². The molecule has 2 unspecified atom stereocenters. The van der Waals surface area contributed by atoms with Crippen LogP contribution in [0.1, 0.15) is 26.7 Å². The average molecular weight is 189 g/mol. The molecule has 1 N–H and O–H groups in total. The second-order valence-corrected chi connectivity index (χ2v) is 2.93. The van der Waals surface area contributed by atoms with Crippen molar-refractivity contribution in [1.29, 1.82) is 0 Å². The number of hydrogen-bond donors (Lipinski definition) is 1. The number of ether oxygens (including phenoxy) is 2. The molecule has 0 radical (unpaired) electrons. The fraction of sp³-hybridized carbons (Fsp3) is 0.889. The Kier molecular flexibility index (Phi) is 6.54. The van der Waals surface area contributed by atoms with E-state index in [4.69, 9.17) is 9.47 Å². The van der Waals surface area contributed by atoms with Crippen LogP contribution in [0.25, 0.3) is 0 Å². The molecule has 0 aliphatic carbocycles. The number of carbonyl (C=O) groups excluding carboxylic acids is 1. The normalized spacial score (nSPS) is 15.1. The van der Waals surface area contributed by atoms with E-state index >= 15 is 0 Å². The summed E-state index contributed by atoms with van der Waals surface area (Å²) in [5, 5.41) is 2.74. The molecule has 0 aromatic heterocycles. The smallest absolute Gasteiger partial charge is 0.221 e. The Morgan fingerprint density at radius 2 is 2.00 bits per heavy atom. The van der Waals surface area contributed by atoms with Gasteiger partial charge in [-0.25, -0.2) is 0 Å². The van der Waals surface area contributed by atoms with Crippen molar-refractivity contribution >= 4 is 5.91 Å². The van der Waals surface area contributed by atoms with E-state index in [2.05, 4.69) is 5.32 Å². The van der Waals surface area contributed by atoms with Gasteiger partial charge in [-0.2, -0.15) is 0 Å². The van der Waals surface area contributed by atoms with E-state index < -0.39 is 0 Å². The van der Waals surface area contributed by atoms with E-state index in [-0.39, 0.29) is 18.2 Å². The first-order valence-electron chi connectivity index (χ1n) is 4.49. The van der Waals surface area contributed by atoms with E-state index in [1.54, 1.807) is 14.2 Å². The van der Waals surface area contributed by atoms with Gasteiger partial charge in [0.25, 0.3) is 0 Å². The summed E-state index contributed by atoms with van der Waals surface area (Å²) < 4.78 is 10.1. The Morgan fingerprint density at radius 1 is 1.38 bits per heavy atom.